The lowest BCUT2D eigenvalue weighted by molar-refractivity contribution is 0.112. The summed E-state index contributed by atoms with van der Waals surface area (Å²) >= 11 is 11.8. The van der Waals surface area contributed by atoms with Gasteiger partial charge in [0.25, 0.3) is 0 Å². The summed E-state index contributed by atoms with van der Waals surface area (Å²) in [4.78, 5) is 10.7. The van der Waals surface area contributed by atoms with Crippen molar-refractivity contribution in [3.63, 3.8) is 0 Å². The number of hydrogen-bond acceptors (Lipinski definition) is 4. The minimum absolute atomic E-state index is 0.0330. The molecule has 2 aromatic carbocycles. The van der Waals surface area contributed by atoms with E-state index in [9.17, 15) is 4.79 Å². The number of aliphatic hydroxyl groups excluding tert-OH is 1. The zero-order chi connectivity index (χ0) is 19.7. The average Bonchev–Trinajstić information content (AvgIpc) is 2.55. The second-order valence-corrected chi connectivity index (χ2v) is 7.16. The van der Waals surface area contributed by atoms with Crippen molar-refractivity contribution in [2.45, 2.75) is 46.4 Å². The molecule has 0 bridgehead atoms. The molecule has 3 N–H and O–H groups in total. The highest BCUT2D eigenvalue weighted by Crippen LogP contribution is 2.25. The van der Waals surface area contributed by atoms with Crippen LogP contribution in [0.5, 0.6) is 0 Å². The van der Waals surface area contributed by atoms with Crippen LogP contribution in [0.3, 0.4) is 0 Å². The molecule has 142 valence electrons. The van der Waals surface area contributed by atoms with Gasteiger partial charge in [0, 0.05) is 34.0 Å². The molecule has 26 heavy (non-hydrogen) atoms. The van der Waals surface area contributed by atoms with E-state index in [4.69, 9.17) is 28.3 Å². The average molecular weight is 397 g/mol. The second-order valence-electron chi connectivity index (χ2n) is 6.34. The van der Waals surface area contributed by atoms with Crippen LogP contribution in [0.4, 0.5) is 11.4 Å². The van der Waals surface area contributed by atoms with E-state index < -0.39 is 0 Å². The van der Waals surface area contributed by atoms with Crippen molar-refractivity contribution in [1.82, 2.24) is 0 Å². The third-order valence-electron chi connectivity index (χ3n) is 3.34. The van der Waals surface area contributed by atoms with Crippen molar-refractivity contribution in [1.29, 1.82) is 0 Å². The third kappa shape index (κ3) is 6.87. The summed E-state index contributed by atoms with van der Waals surface area (Å²) in [7, 11) is 0. The highest BCUT2D eigenvalue weighted by molar-refractivity contribution is 6.33. The summed E-state index contributed by atoms with van der Waals surface area (Å²) in [6.07, 6.45) is 0.771. The lowest BCUT2D eigenvalue weighted by atomic mass is 10.1. The highest BCUT2D eigenvalue weighted by Gasteiger charge is 2.06. The van der Waals surface area contributed by atoms with Gasteiger partial charge in [-0.2, -0.15) is 0 Å². The Bertz CT molecular complexity index is 719. The monoisotopic (exact) mass is 396 g/mol. The summed E-state index contributed by atoms with van der Waals surface area (Å²) in [5, 5.41) is 16.5. The van der Waals surface area contributed by atoms with Crippen LogP contribution in [-0.4, -0.2) is 23.5 Å². The van der Waals surface area contributed by atoms with Gasteiger partial charge < -0.3 is 15.7 Å². The Kier molecular flexibility index (Phi) is 9.49. The van der Waals surface area contributed by atoms with Gasteiger partial charge in [-0.1, -0.05) is 35.3 Å². The van der Waals surface area contributed by atoms with Crippen molar-refractivity contribution in [3.05, 3.63) is 57.6 Å². The molecule has 4 nitrogen and oxygen atoms in total. The molecule has 0 atom stereocenters. The van der Waals surface area contributed by atoms with E-state index in [1.807, 2.05) is 52.0 Å². The van der Waals surface area contributed by atoms with Gasteiger partial charge in [0.1, 0.15) is 0 Å². The van der Waals surface area contributed by atoms with Crippen LogP contribution in [-0.2, 0) is 6.61 Å². The van der Waals surface area contributed by atoms with Crippen LogP contribution in [0.1, 0.15) is 43.6 Å². The second kappa shape index (κ2) is 11.1. The van der Waals surface area contributed by atoms with Crippen molar-refractivity contribution in [2.24, 2.45) is 0 Å². The number of hydrogen-bond donors (Lipinski definition) is 3. The lowest BCUT2D eigenvalue weighted by Gasteiger charge is -2.14. The third-order valence-corrected chi connectivity index (χ3v) is 4.02. The Hall–Kier alpha value is -1.75. The maximum atomic E-state index is 10.7. The molecule has 0 saturated heterocycles. The van der Waals surface area contributed by atoms with Gasteiger partial charge in [0.2, 0.25) is 0 Å². The van der Waals surface area contributed by atoms with Crippen molar-refractivity contribution >= 4 is 40.9 Å². The Morgan fingerprint density at radius 2 is 1.42 bits per heavy atom. The van der Waals surface area contributed by atoms with E-state index in [1.165, 1.54) is 0 Å². The fraction of sp³-hybridized carbons (Fsp3) is 0.350. The van der Waals surface area contributed by atoms with Gasteiger partial charge in [-0.05, 0) is 52.0 Å². The smallest absolute Gasteiger partial charge is 0.153 e. The molecule has 0 heterocycles. The summed E-state index contributed by atoms with van der Waals surface area (Å²) in [6.45, 7) is 8.07. The van der Waals surface area contributed by atoms with E-state index in [0.717, 1.165) is 23.2 Å². The number of anilines is 2. The molecule has 0 fully saturated rings. The molecule has 0 aliphatic rings. The Balaban J connectivity index is 0.000000260. The first-order valence-corrected chi connectivity index (χ1v) is 9.20. The number of nitrogens with one attached hydrogen (secondary N) is 2. The molecule has 0 unspecified atom stereocenters. The van der Waals surface area contributed by atoms with Gasteiger partial charge in [0.15, 0.2) is 6.29 Å². The summed E-state index contributed by atoms with van der Waals surface area (Å²) in [5.41, 5.74) is 2.98. The fourth-order valence-electron chi connectivity index (χ4n) is 2.26. The standard InChI is InChI=1S/C10H14ClNO.C10H12ClNO/c2*1-7(2)12-10-5-3-4-9(11)8(10)6-13/h3-5,7,12-13H,6H2,1-2H3;3-7,12H,1-2H3. The van der Waals surface area contributed by atoms with E-state index in [2.05, 4.69) is 10.6 Å². The number of rotatable bonds is 6. The van der Waals surface area contributed by atoms with Gasteiger partial charge in [-0.3, -0.25) is 4.79 Å². The minimum atomic E-state index is -0.0330. The first-order valence-electron chi connectivity index (χ1n) is 8.45. The SMILES string of the molecule is CC(C)Nc1cccc(Cl)c1C=O.CC(C)Nc1cccc(Cl)c1CO. The van der Waals surface area contributed by atoms with Crippen LogP contribution < -0.4 is 10.6 Å². The lowest BCUT2D eigenvalue weighted by Crippen LogP contribution is -2.11. The number of benzene rings is 2. The van der Waals surface area contributed by atoms with Crippen LogP contribution in [0.2, 0.25) is 10.0 Å². The van der Waals surface area contributed by atoms with Crippen LogP contribution >= 0.6 is 23.2 Å². The molecule has 6 heteroatoms. The first kappa shape index (κ1) is 22.3. The molecule has 2 aromatic rings. The zero-order valence-electron chi connectivity index (χ0n) is 15.5. The van der Waals surface area contributed by atoms with Gasteiger partial charge in [-0.25, -0.2) is 0 Å². The number of aliphatic hydroxyl groups is 1. The fourth-order valence-corrected chi connectivity index (χ4v) is 2.71. The van der Waals surface area contributed by atoms with Gasteiger partial charge >= 0.3 is 0 Å². The van der Waals surface area contributed by atoms with Crippen LogP contribution in [0.25, 0.3) is 0 Å². The van der Waals surface area contributed by atoms with E-state index in [-0.39, 0.29) is 12.6 Å². The topological polar surface area (TPSA) is 61.4 Å². The zero-order valence-corrected chi connectivity index (χ0v) is 17.0. The predicted molar refractivity (Wildman–Crippen MR) is 112 cm³/mol. The van der Waals surface area contributed by atoms with Crippen molar-refractivity contribution < 1.29 is 9.90 Å². The Morgan fingerprint density at radius 3 is 1.92 bits per heavy atom. The molecule has 0 aromatic heterocycles. The van der Waals surface area contributed by atoms with E-state index in [0.29, 0.717) is 21.7 Å². The van der Waals surface area contributed by atoms with E-state index in [1.54, 1.807) is 12.1 Å². The summed E-state index contributed by atoms with van der Waals surface area (Å²) in [6, 6.07) is 11.6. The van der Waals surface area contributed by atoms with Crippen LogP contribution in [0.15, 0.2) is 36.4 Å². The molecule has 0 radical (unpaired) electrons. The minimum Gasteiger partial charge on any atom is -0.392 e. The van der Waals surface area contributed by atoms with Gasteiger partial charge in [0.05, 0.1) is 17.2 Å². The Morgan fingerprint density at radius 1 is 0.923 bits per heavy atom. The molecule has 2 rings (SSSR count). The number of halogens is 2. The maximum absolute atomic E-state index is 10.7. The van der Waals surface area contributed by atoms with Crippen LogP contribution in [0, 0.1) is 0 Å². The maximum Gasteiger partial charge on any atom is 0.153 e. The largest absolute Gasteiger partial charge is 0.392 e. The molecule has 0 amide bonds. The predicted octanol–water partition coefficient (Wildman–Crippen LogP) is 5.63. The molecule has 0 spiro atoms. The van der Waals surface area contributed by atoms with Crippen molar-refractivity contribution in [3.8, 4) is 0 Å². The van der Waals surface area contributed by atoms with E-state index >= 15 is 0 Å². The van der Waals surface area contributed by atoms with Crippen molar-refractivity contribution in [2.75, 3.05) is 10.6 Å². The number of aldehydes is 1. The summed E-state index contributed by atoms with van der Waals surface area (Å²) < 4.78 is 0. The molecule has 0 aliphatic carbocycles. The molecular weight excluding hydrogens is 371 g/mol. The number of carbonyl (C=O) groups is 1. The van der Waals surface area contributed by atoms with Gasteiger partial charge in [-0.15, -0.1) is 0 Å². The summed E-state index contributed by atoms with van der Waals surface area (Å²) in [5.74, 6) is 0. The first-order chi connectivity index (χ1) is 12.3. The molecule has 0 saturated carbocycles. The quantitative estimate of drug-likeness (QED) is 0.553. The Labute approximate surface area is 165 Å². The highest BCUT2D eigenvalue weighted by atomic mass is 35.5. The molecular formula is C20H26Cl2N2O2. The molecule has 0 aliphatic heterocycles. The normalized spacial score (nSPS) is 10.3. The number of carbonyl (C=O) groups excluding carboxylic acids is 1.